The summed E-state index contributed by atoms with van der Waals surface area (Å²) in [6, 6.07) is 11.8. The van der Waals surface area contributed by atoms with Gasteiger partial charge in [-0.1, -0.05) is 42.1 Å². The summed E-state index contributed by atoms with van der Waals surface area (Å²) >= 11 is 0.974. The summed E-state index contributed by atoms with van der Waals surface area (Å²) in [6.07, 6.45) is 0. The van der Waals surface area contributed by atoms with Crippen molar-refractivity contribution in [3.63, 3.8) is 0 Å². The second-order valence-electron chi connectivity index (χ2n) is 3.91. The van der Waals surface area contributed by atoms with Crippen molar-refractivity contribution in [2.75, 3.05) is 11.7 Å². The summed E-state index contributed by atoms with van der Waals surface area (Å²) < 4.78 is 32.3. The zero-order valence-electron chi connectivity index (χ0n) is 10.1. The number of hydrogen-bond acceptors (Lipinski definition) is 3. The molecule has 0 spiro atoms. The Morgan fingerprint density at radius 2 is 1.68 bits per heavy atom. The van der Waals surface area contributed by atoms with Crippen LogP contribution in [0.3, 0.4) is 0 Å². The number of ether oxygens (including phenoxy) is 1. The maximum Gasteiger partial charge on any atom is 0.141 e. The quantitative estimate of drug-likeness (QED) is 0.392. The van der Waals surface area contributed by atoms with Crippen LogP contribution in [0.2, 0.25) is 0 Å². The maximum absolute atomic E-state index is 13.5. The van der Waals surface area contributed by atoms with Gasteiger partial charge in [-0.3, -0.25) is 0 Å². The highest BCUT2D eigenvalue weighted by atomic mass is 32.2. The second-order valence-corrected chi connectivity index (χ2v) is 4.84. The highest BCUT2D eigenvalue weighted by Crippen LogP contribution is 2.27. The number of nitrogen functional groups attached to an aromatic ring is 1. The fourth-order valence-electron chi connectivity index (χ4n) is 1.55. The average molecular weight is 281 g/mol. The number of nitrogens with two attached hydrogens (primary N) is 1. The van der Waals surface area contributed by atoms with Crippen LogP contribution in [0.5, 0.6) is 0 Å². The Morgan fingerprint density at radius 1 is 1.05 bits per heavy atom. The van der Waals surface area contributed by atoms with Gasteiger partial charge in [-0.2, -0.15) is 0 Å². The van der Waals surface area contributed by atoms with E-state index in [4.69, 9.17) is 10.5 Å². The number of anilines is 1. The molecule has 0 amide bonds. The van der Waals surface area contributed by atoms with Crippen LogP contribution in [0.1, 0.15) is 5.56 Å². The summed E-state index contributed by atoms with van der Waals surface area (Å²) in [4.78, 5) is -0.0674. The number of rotatable bonds is 5. The summed E-state index contributed by atoms with van der Waals surface area (Å²) in [5, 5.41) is 0. The molecule has 19 heavy (non-hydrogen) atoms. The van der Waals surface area contributed by atoms with E-state index in [2.05, 4.69) is 0 Å². The smallest absolute Gasteiger partial charge is 0.141 e. The predicted octanol–water partition coefficient (Wildman–Crippen LogP) is 3.81. The van der Waals surface area contributed by atoms with Crippen LogP contribution < -0.4 is 5.73 Å². The Hall–Kier alpha value is -1.59. The average Bonchev–Trinajstić information content (AvgIpc) is 2.38. The van der Waals surface area contributed by atoms with E-state index in [0.717, 1.165) is 29.5 Å². The predicted molar refractivity (Wildman–Crippen MR) is 72.7 cm³/mol. The first-order valence-corrected chi connectivity index (χ1v) is 6.64. The van der Waals surface area contributed by atoms with E-state index in [1.165, 1.54) is 0 Å². The SMILES string of the molecule is Nc1cc(F)c(SCOCc2ccccc2)c(F)c1. The van der Waals surface area contributed by atoms with E-state index < -0.39 is 11.6 Å². The molecule has 0 atom stereocenters. The topological polar surface area (TPSA) is 35.2 Å². The van der Waals surface area contributed by atoms with Crippen LogP contribution in [0, 0.1) is 11.6 Å². The molecule has 0 aromatic heterocycles. The van der Waals surface area contributed by atoms with Gasteiger partial charge in [0, 0.05) is 5.69 Å². The molecular weight excluding hydrogens is 268 g/mol. The Morgan fingerprint density at radius 3 is 2.32 bits per heavy atom. The monoisotopic (exact) mass is 281 g/mol. The van der Waals surface area contributed by atoms with E-state index in [1.54, 1.807) is 0 Å². The van der Waals surface area contributed by atoms with Crippen molar-refractivity contribution < 1.29 is 13.5 Å². The minimum atomic E-state index is -0.661. The van der Waals surface area contributed by atoms with Gasteiger partial charge in [0.25, 0.3) is 0 Å². The van der Waals surface area contributed by atoms with Gasteiger partial charge in [-0.25, -0.2) is 8.78 Å². The van der Waals surface area contributed by atoms with Gasteiger partial charge >= 0.3 is 0 Å². The molecule has 0 fully saturated rings. The zero-order chi connectivity index (χ0) is 13.7. The van der Waals surface area contributed by atoms with Crippen molar-refractivity contribution in [1.82, 2.24) is 0 Å². The van der Waals surface area contributed by atoms with Crippen LogP contribution in [0.15, 0.2) is 47.4 Å². The lowest BCUT2D eigenvalue weighted by Gasteiger charge is -2.07. The molecular formula is C14H13F2NOS. The highest BCUT2D eigenvalue weighted by Gasteiger charge is 2.10. The van der Waals surface area contributed by atoms with E-state index in [9.17, 15) is 8.78 Å². The minimum absolute atomic E-state index is 0.0674. The number of benzene rings is 2. The van der Waals surface area contributed by atoms with Crippen LogP contribution in [-0.2, 0) is 11.3 Å². The molecule has 2 aromatic carbocycles. The second kappa shape index (κ2) is 6.54. The Balaban J connectivity index is 1.86. The molecule has 2 nitrogen and oxygen atoms in total. The molecule has 2 rings (SSSR count). The molecule has 0 aliphatic rings. The summed E-state index contributed by atoms with van der Waals surface area (Å²) in [5.41, 5.74) is 6.43. The molecule has 0 heterocycles. The van der Waals surface area contributed by atoms with Gasteiger partial charge in [-0.15, -0.1) is 0 Å². The molecule has 0 aliphatic heterocycles. The highest BCUT2D eigenvalue weighted by molar-refractivity contribution is 7.99. The van der Waals surface area contributed by atoms with E-state index in [0.29, 0.717) is 6.61 Å². The molecule has 0 saturated heterocycles. The van der Waals surface area contributed by atoms with Gasteiger partial charge in [-0.05, 0) is 17.7 Å². The van der Waals surface area contributed by atoms with E-state index in [-0.39, 0.29) is 16.5 Å². The van der Waals surface area contributed by atoms with Crippen molar-refractivity contribution >= 4 is 17.4 Å². The molecule has 2 aromatic rings. The first-order chi connectivity index (χ1) is 9.16. The third kappa shape index (κ3) is 3.94. The normalized spacial score (nSPS) is 10.6. The first-order valence-electron chi connectivity index (χ1n) is 5.66. The third-order valence-electron chi connectivity index (χ3n) is 2.42. The molecule has 0 radical (unpaired) electrons. The minimum Gasteiger partial charge on any atom is -0.399 e. The van der Waals surface area contributed by atoms with Crippen LogP contribution in [-0.4, -0.2) is 5.94 Å². The lowest BCUT2D eigenvalue weighted by molar-refractivity contribution is 0.169. The Bertz CT molecular complexity index is 525. The van der Waals surface area contributed by atoms with Crippen molar-refractivity contribution in [2.24, 2.45) is 0 Å². The third-order valence-corrected chi connectivity index (χ3v) is 3.38. The molecule has 2 N–H and O–H groups in total. The van der Waals surface area contributed by atoms with Crippen LogP contribution >= 0.6 is 11.8 Å². The molecule has 5 heteroatoms. The number of halogens is 2. The maximum atomic E-state index is 13.5. The van der Waals surface area contributed by atoms with Crippen LogP contribution in [0.25, 0.3) is 0 Å². The Kier molecular flexibility index (Phi) is 4.76. The van der Waals surface area contributed by atoms with Crippen molar-refractivity contribution in [3.8, 4) is 0 Å². The molecule has 100 valence electrons. The van der Waals surface area contributed by atoms with Crippen LogP contribution in [0.4, 0.5) is 14.5 Å². The van der Waals surface area contributed by atoms with Gasteiger partial charge < -0.3 is 10.5 Å². The molecule has 0 unspecified atom stereocenters. The largest absolute Gasteiger partial charge is 0.399 e. The molecule has 0 bridgehead atoms. The van der Waals surface area contributed by atoms with Crippen molar-refractivity contribution in [2.45, 2.75) is 11.5 Å². The van der Waals surface area contributed by atoms with Gasteiger partial charge in [0.05, 0.1) is 17.4 Å². The van der Waals surface area contributed by atoms with Crippen molar-refractivity contribution in [3.05, 3.63) is 59.7 Å². The number of hydrogen-bond donors (Lipinski definition) is 1. The number of thioether (sulfide) groups is 1. The summed E-state index contributed by atoms with van der Waals surface area (Å²) in [7, 11) is 0. The summed E-state index contributed by atoms with van der Waals surface area (Å²) in [6.45, 7) is 0.409. The van der Waals surface area contributed by atoms with E-state index >= 15 is 0 Å². The van der Waals surface area contributed by atoms with Gasteiger partial charge in [0.15, 0.2) is 0 Å². The Labute approximate surface area is 114 Å². The lowest BCUT2D eigenvalue weighted by Crippen LogP contribution is -1.96. The molecule has 0 saturated carbocycles. The zero-order valence-corrected chi connectivity index (χ0v) is 10.9. The molecule has 0 aliphatic carbocycles. The van der Waals surface area contributed by atoms with Gasteiger partial charge in [0.2, 0.25) is 0 Å². The van der Waals surface area contributed by atoms with Crippen molar-refractivity contribution in [1.29, 1.82) is 0 Å². The fraction of sp³-hybridized carbons (Fsp3) is 0.143. The standard InChI is InChI=1S/C14H13F2NOS/c15-12-6-11(17)7-13(16)14(12)19-9-18-8-10-4-2-1-3-5-10/h1-7H,8-9,17H2. The summed E-state index contributed by atoms with van der Waals surface area (Å²) in [5.74, 6) is -1.15. The fourth-order valence-corrected chi connectivity index (χ4v) is 2.23. The first kappa shape index (κ1) is 13.8. The lowest BCUT2D eigenvalue weighted by atomic mass is 10.2. The van der Waals surface area contributed by atoms with Gasteiger partial charge in [0.1, 0.15) is 11.6 Å². The van der Waals surface area contributed by atoms with E-state index in [1.807, 2.05) is 30.3 Å².